The molecule has 4 nitrogen and oxygen atoms in total. The van der Waals surface area contributed by atoms with Crippen LogP contribution in [-0.2, 0) is 11.3 Å². The molecule has 30 heavy (non-hydrogen) atoms. The zero-order valence-electron chi connectivity index (χ0n) is 19.8. The van der Waals surface area contributed by atoms with Gasteiger partial charge in [0.2, 0.25) is 0 Å². The molecule has 1 atom stereocenters. The lowest BCUT2D eigenvalue weighted by atomic mass is 10.0. The molecule has 1 aromatic carbocycles. The van der Waals surface area contributed by atoms with Crippen molar-refractivity contribution in [1.29, 1.82) is 0 Å². The SMILES string of the molecule is C=C(/C=C\C(CC)=C(C)C)c1ccc(CNC)cc1.C=C(NC)N1CCOC[C@@H]1C. The van der Waals surface area contributed by atoms with Gasteiger partial charge in [0.1, 0.15) is 0 Å². The monoisotopic (exact) mass is 411 g/mol. The normalized spacial score (nSPS) is 15.9. The molecule has 2 N–H and O–H groups in total. The number of benzene rings is 1. The quantitative estimate of drug-likeness (QED) is 0.582. The van der Waals surface area contributed by atoms with Crippen molar-refractivity contribution in [3.63, 3.8) is 0 Å². The van der Waals surface area contributed by atoms with Gasteiger partial charge in [-0.25, -0.2) is 0 Å². The highest BCUT2D eigenvalue weighted by Crippen LogP contribution is 2.17. The van der Waals surface area contributed by atoms with Crippen LogP contribution in [0.25, 0.3) is 5.57 Å². The lowest BCUT2D eigenvalue weighted by molar-refractivity contribution is 0.0143. The molecular weight excluding hydrogens is 370 g/mol. The first-order chi connectivity index (χ1) is 14.3. The van der Waals surface area contributed by atoms with E-state index in [1.165, 1.54) is 22.3 Å². The average Bonchev–Trinajstić information content (AvgIpc) is 2.75. The van der Waals surface area contributed by atoms with Crippen LogP contribution in [0.3, 0.4) is 0 Å². The van der Waals surface area contributed by atoms with Crippen LogP contribution in [0.15, 0.2) is 66.5 Å². The third-order valence-corrected chi connectivity index (χ3v) is 5.22. The summed E-state index contributed by atoms with van der Waals surface area (Å²) in [6, 6.07) is 9.00. The number of morpholine rings is 1. The first kappa shape index (κ1) is 25.7. The molecule has 0 saturated carbocycles. The summed E-state index contributed by atoms with van der Waals surface area (Å²) in [5.74, 6) is 0.987. The number of allylic oxidation sites excluding steroid dienone is 5. The standard InChI is InChI=1S/C18H25N.C8H16N2O/c1-6-17(14(2)3)10-7-15(4)18-11-8-16(9-12-18)13-19-5;1-7-6-11-5-4-10(7)8(2)9-3/h7-12,19H,4,6,13H2,1-3,5H3;7,9H,2,4-6H2,1,3H3/b10-7-;/t;7-/m.0/s1. The van der Waals surface area contributed by atoms with Crippen LogP contribution in [0.2, 0.25) is 0 Å². The fourth-order valence-corrected chi connectivity index (χ4v) is 3.25. The number of hydrogen-bond acceptors (Lipinski definition) is 4. The maximum Gasteiger partial charge on any atom is 0.0940 e. The number of ether oxygens (including phenoxy) is 1. The van der Waals surface area contributed by atoms with Gasteiger partial charge in [-0.1, -0.05) is 62.1 Å². The lowest BCUT2D eigenvalue weighted by Crippen LogP contribution is -2.45. The molecule has 0 unspecified atom stereocenters. The van der Waals surface area contributed by atoms with Crippen molar-refractivity contribution >= 4 is 5.57 Å². The Bertz CT molecular complexity index is 727. The van der Waals surface area contributed by atoms with E-state index < -0.39 is 0 Å². The summed E-state index contributed by atoms with van der Waals surface area (Å²) in [4.78, 5) is 2.23. The largest absolute Gasteiger partial charge is 0.377 e. The van der Waals surface area contributed by atoms with Gasteiger partial charge in [-0.3, -0.25) is 0 Å². The van der Waals surface area contributed by atoms with E-state index in [2.05, 4.69) is 92.8 Å². The second-order valence-corrected chi connectivity index (χ2v) is 7.78. The zero-order chi connectivity index (χ0) is 22.5. The van der Waals surface area contributed by atoms with Crippen molar-refractivity contribution in [1.82, 2.24) is 15.5 Å². The smallest absolute Gasteiger partial charge is 0.0940 e. The van der Waals surface area contributed by atoms with Gasteiger partial charge in [-0.05, 0) is 56.5 Å². The van der Waals surface area contributed by atoms with E-state index in [-0.39, 0.29) is 0 Å². The van der Waals surface area contributed by atoms with Crippen LogP contribution in [0.1, 0.15) is 45.2 Å². The number of nitrogens with zero attached hydrogens (tertiary/aromatic N) is 1. The zero-order valence-corrected chi connectivity index (χ0v) is 19.8. The topological polar surface area (TPSA) is 36.5 Å². The van der Waals surface area contributed by atoms with Crippen LogP contribution in [-0.4, -0.2) is 44.8 Å². The minimum atomic E-state index is 0.448. The summed E-state index contributed by atoms with van der Waals surface area (Å²) >= 11 is 0. The predicted octanol–water partition coefficient (Wildman–Crippen LogP) is 5.12. The van der Waals surface area contributed by atoms with Gasteiger partial charge in [-0.2, -0.15) is 0 Å². The van der Waals surface area contributed by atoms with Gasteiger partial charge in [0, 0.05) is 20.1 Å². The van der Waals surface area contributed by atoms with Crippen LogP contribution in [0, 0.1) is 0 Å². The van der Waals surface area contributed by atoms with Crippen molar-refractivity contribution in [2.24, 2.45) is 0 Å². The van der Waals surface area contributed by atoms with Crippen molar-refractivity contribution in [2.45, 2.75) is 46.7 Å². The van der Waals surface area contributed by atoms with Crippen LogP contribution < -0.4 is 10.6 Å². The summed E-state index contributed by atoms with van der Waals surface area (Å²) in [7, 11) is 3.85. The molecule has 2 rings (SSSR count). The summed E-state index contributed by atoms with van der Waals surface area (Å²) in [5, 5.41) is 6.19. The molecule has 0 aromatic heterocycles. The maximum atomic E-state index is 5.30. The van der Waals surface area contributed by atoms with Crippen LogP contribution in [0.4, 0.5) is 0 Å². The Hall–Kier alpha value is -2.30. The van der Waals surface area contributed by atoms with E-state index in [0.717, 1.165) is 44.1 Å². The van der Waals surface area contributed by atoms with Gasteiger partial charge in [-0.15, -0.1) is 0 Å². The molecule has 0 bridgehead atoms. The molecule has 4 heteroatoms. The molecule has 1 saturated heterocycles. The van der Waals surface area contributed by atoms with Gasteiger partial charge in [0.05, 0.1) is 25.1 Å². The molecule has 0 aliphatic carbocycles. The highest BCUT2D eigenvalue weighted by atomic mass is 16.5. The second kappa shape index (κ2) is 13.8. The van der Waals surface area contributed by atoms with Gasteiger partial charge in [0.25, 0.3) is 0 Å². The van der Waals surface area contributed by atoms with E-state index in [1.807, 2.05) is 14.1 Å². The highest BCUT2D eigenvalue weighted by molar-refractivity contribution is 5.72. The Balaban J connectivity index is 0.000000346. The predicted molar refractivity (Wildman–Crippen MR) is 131 cm³/mol. The fraction of sp³-hybridized carbons (Fsp3) is 0.462. The minimum absolute atomic E-state index is 0.448. The number of nitrogens with one attached hydrogen (secondary N) is 2. The first-order valence-electron chi connectivity index (χ1n) is 10.8. The molecule has 0 radical (unpaired) electrons. The summed E-state index contributed by atoms with van der Waals surface area (Å²) in [5.41, 5.74) is 6.29. The number of rotatable bonds is 8. The van der Waals surface area contributed by atoms with E-state index >= 15 is 0 Å². The molecule has 1 aromatic rings. The van der Waals surface area contributed by atoms with Crippen molar-refractivity contribution in [3.8, 4) is 0 Å². The Morgan fingerprint density at radius 3 is 2.33 bits per heavy atom. The Kier molecular flexibility index (Phi) is 11.9. The number of hydrogen-bond donors (Lipinski definition) is 2. The third kappa shape index (κ3) is 8.60. The van der Waals surface area contributed by atoms with Crippen LogP contribution >= 0.6 is 0 Å². The lowest BCUT2D eigenvalue weighted by Gasteiger charge is -2.36. The van der Waals surface area contributed by atoms with Crippen LogP contribution in [0.5, 0.6) is 0 Å². The van der Waals surface area contributed by atoms with Gasteiger partial charge >= 0.3 is 0 Å². The Labute approximate surface area is 184 Å². The first-order valence-corrected chi connectivity index (χ1v) is 10.8. The molecule has 1 aliphatic rings. The summed E-state index contributed by atoms with van der Waals surface area (Å²) in [6.07, 6.45) is 5.35. The van der Waals surface area contributed by atoms with Gasteiger partial charge < -0.3 is 20.3 Å². The summed E-state index contributed by atoms with van der Waals surface area (Å²) < 4.78 is 5.30. The molecule has 1 aliphatic heterocycles. The average molecular weight is 412 g/mol. The Morgan fingerprint density at radius 1 is 1.17 bits per heavy atom. The summed E-state index contributed by atoms with van der Waals surface area (Å²) in [6.45, 7) is 20.1. The van der Waals surface area contributed by atoms with Gasteiger partial charge in [0.15, 0.2) is 0 Å². The molecular formula is C26H41N3O. The molecule has 1 heterocycles. The van der Waals surface area contributed by atoms with E-state index in [4.69, 9.17) is 4.74 Å². The molecule has 0 amide bonds. The van der Waals surface area contributed by atoms with E-state index in [1.54, 1.807) is 0 Å². The second-order valence-electron chi connectivity index (χ2n) is 7.78. The van der Waals surface area contributed by atoms with E-state index in [9.17, 15) is 0 Å². The highest BCUT2D eigenvalue weighted by Gasteiger charge is 2.18. The van der Waals surface area contributed by atoms with Crippen molar-refractivity contribution in [3.05, 3.63) is 77.7 Å². The maximum absolute atomic E-state index is 5.30. The molecule has 0 spiro atoms. The minimum Gasteiger partial charge on any atom is -0.377 e. The van der Waals surface area contributed by atoms with E-state index in [0.29, 0.717) is 6.04 Å². The molecule has 1 fully saturated rings. The fourth-order valence-electron chi connectivity index (χ4n) is 3.25. The Morgan fingerprint density at radius 2 is 1.83 bits per heavy atom. The van der Waals surface area contributed by atoms with Crippen molar-refractivity contribution in [2.75, 3.05) is 33.9 Å². The molecule has 166 valence electrons. The third-order valence-electron chi connectivity index (χ3n) is 5.22. The van der Waals surface area contributed by atoms with Crippen molar-refractivity contribution < 1.29 is 4.74 Å².